The highest BCUT2D eigenvalue weighted by Gasteiger charge is 2.20. The fraction of sp³-hybridized carbons (Fsp3) is 0.370. The minimum absolute atomic E-state index is 0.279. The fourth-order valence-corrected chi connectivity index (χ4v) is 4.41. The second-order valence-corrected chi connectivity index (χ2v) is 9.19. The van der Waals surface area contributed by atoms with Gasteiger partial charge in [0.1, 0.15) is 11.6 Å². The Labute approximate surface area is 215 Å². The van der Waals surface area contributed by atoms with E-state index in [1.54, 1.807) is 30.5 Å². The number of halogens is 1. The molecule has 0 saturated carbocycles. The number of hydrazone groups is 1. The quantitative estimate of drug-likeness (QED) is 0.215. The predicted octanol–water partition coefficient (Wildman–Crippen LogP) is 4.66. The van der Waals surface area contributed by atoms with Gasteiger partial charge in [-0.25, -0.2) is 14.6 Å². The molecule has 10 heteroatoms. The second-order valence-electron chi connectivity index (χ2n) is 9.19. The van der Waals surface area contributed by atoms with E-state index in [0.29, 0.717) is 23.6 Å². The molecule has 0 amide bonds. The number of rotatable bonds is 7. The van der Waals surface area contributed by atoms with E-state index >= 15 is 0 Å². The number of esters is 1. The molecule has 1 N–H and O–H groups in total. The smallest absolute Gasteiger partial charge is 0.343 e. The first-order valence-corrected chi connectivity index (χ1v) is 12.8. The molecular weight excluding hydrogens is 473 g/mol. The number of piperidine rings is 2. The van der Waals surface area contributed by atoms with Crippen molar-refractivity contribution in [1.82, 2.24) is 15.0 Å². The Bertz CT molecular complexity index is 1190. The monoisotopic (exact) mass is 503 g/mol. The average molecular weight is 504 g/mol. The lowest BCUT2D eigenvalue weighted by molar-refractivity contribution is 0.0734. The molecule has 1 aromatic heterocycles. The molecule has 0 radical (unpaired) electrons. The molecular formula is C27H30FN7O2. The number of hydrogen-bond acceptors (Lipinski definition) is 9. The van der Waals surface area contributed by atoms with Crippen LogP contribution in [0.15, 0.2) is 53.6 Å². The molecule has 192 valence electrons. The zero-order valence-corrected chi connectivity index (χ0v) is 20.6. The van der Waals surface area contributed by atoms with Crippen molar-refractivity contribution in [3.05, 3.63) is 65.5 Å². The van der Waals surface area contributed by atoms with E-state index in [9.17, 15) is 9.18 Å². The number of carbonyl (C=O) groups excluding carboxylic acids is 1. The van der Waals surface area contributed by atoms with E-state index < -0.39 is 11.8 Å². The van der Waals surface area contributed by atoms with Gasteiger partial charge in [0.05, 0.1) is 11.8 Å². The number of nitrogens with one attached hydrogen (secondary N) is 1. The van der Waals surface area contributed by atoms with E-state index in [1.807, 2.05) is 0 Å². The molecule has 9 nitrogen and oxygen atoms in total. The lowest BCUT2D eigenvalue weighted by Crippen LogP contribution is -2.34. The number of benzene rings is 2. The largest absolute Gasteiger partial charge is 0.423 e. The van der Waals surface area contributed by atoms with E-state index in [-0.39, 0.29) is 5.56 Å². The number of nitrogens with zero attached hydrogens (tertiary/aromatic N) is 6. The lowest BCUT2D eigenvalue weighted by Gasteiger charge is -2.30. The third-order valence-corrected chi connectivity index (χ3v) is 6.44. The maximum absolute atomic E-state index is 13.1. The molecule has 0 atom stereocenters. The Kier molecular flexibility index (Phi) is 7.83. The third-order valence-electron chi connectivity index (χ3n) is 6.44. The standard InChI is InChI=1S/C27H30FN7O2/c28-22-11-9-21(10-12-22)24(36)37-23-13-7-20(8-14-23)19-29-33-25-30-26(34-15-3-1-4-16-34)32-27(31-25)35-17-5-2-6-18-35/h7-14,19H,1-6,15-18H2,(H,30,31,32,33). The number of ether oxygens (including phenoxy) is 1. The van der Waals surface area contributed by atoms with Gasteiger partial charge in [0.25, 0.3) is 0 Å². The summed E-state index contributed by atoms with van der Waals surface area (Å²) in [6.45, 7) is 3.79. The van der Waals surface area contributed by atoms with Crippen LogP contribution >= 0.6 is 0 Å². The van der Waals surface area contributed by atoms with Gasteiger partial charge in [-0.3, -0.25) is 0 Å². The molecule has 5 rings (SSSR count). The summed E-state index contributed by atoms with van der Waals surface area (Å²) in [5.74, 6) is 1.23. The molecule has 0 unspecified atom stereocenters. The molecule has 3 heterocycles. The number of aromatic nitrogens is 3. The maximum Gasteiger partial charge on any atom is 0.343 e. The summed E-state index contributed by atoms with van der Waals surface area (Å²) in [7, 11) is 0. The van der Waals surface area contributed by atoms with Gasteiger partial charge < -0.3 is 14.5 Å². The van der Waals surface area contributed by atoms with Gasteiger partial charge in [-0.2, -0.15) is 20.1 Å². The molecule has 0 spiro atoms. The van der Waals surface area contributed by atoms with Crippen LogP contribution in [-0.2, 0) is 0 Å². The highest BCUT2D eigenvalue weighted by atomic mass is 19.1. The van der Waals surface area contributed by atoms with Gasteiger partial charge in [-0.15, -0.1) is 0 Å². The molecule has 2 fully saturated rings. The van der Waals surface area contributed by atoms with Gasteiger partial charge in [0.2, 0.25) is 17.8 Å². The Balaban J connectivity index is 1.24. The van der Waals surface area contributed by atoms with E-state index in [0.717, 1.165) is 57.4 Å². The van der Waals surface area contributed by atoms with Crippen molar-refractivity contribution in [2.75, 3.05) is 41.4 Å². The topological polar surface area (TPSA) is 95.8 Å². The first kappa shape index (κ1) is 24.6. The third kappa shape index (κ3) is 6.58. The minimum Gasteiger partial charge on any atom is -0.423 e. The predicted molar refractivity (Wildman–Crippen MR) is 141 cm³/mol. The Hall–Kier alpha value is -4.08. The molecule has 2 aromatic carbocycles. The van der Waals surface area contributed by atoms with Gasteiger partial charge >= 0.3 is 5.97 Å². The minimum atomic E-state index is -0.549. The summed E-state index contributed by atoms with van der Waals surface area (Å²) in [5.41, 5.74) is 4.04. The van der Waals surface area contributed by atoms with Crippen LogP contribution in [0.4, 0.5) is 22.2 Å². The summed E-state index contributed by atoms with van der Waals surface area (Å²) in [6, 6.07) is 12.1. The lowest BCUT2D eigenvalue weighted by atomic mass is 10.1. The zero-order valence-electron chi connectivity index (χ0n) is 20.6. The molecule has 3 aromatic rings. The first-order valence-electron chi connectivity index (χ1n) is 12.8. The highest BCUT2D eigenvalue weighted by molar-refractivity contribution is 5.91. The van der Waals surface area contributed by atoms with Crippen LogP contribution in [0, 0.1) is 5.82 Å². The Morgan fingerprint density at radius 3 is 1.95 bits per heavy atom. The van der Waals surface area contributed by atoms with Crippen molar-refractivity contribution in [2.24, 2.45) is 5.10 Å². The number of carbonyl (C=O) groups is 1. The van der Waals surface area contributed by atoms with Gasteiger partial charge in [0, 0.05) is 26.2 Å². The Morgan fingerprint density at radius 2 is 1.38 bits per heavy atom. The van der Waals surface area contributed by atoms with E-state index in [2.05, 4.69) is 30.3 Å². The van der Waals surface area contributed by atoms with Crippen molar-refractivity contribution >= 4 is 30.0 Å². The van der Waals surface area contributed by atoms with Crippen LogP contribution < -0.4 is 20.0 Å². The van der Waals surface area contributed by atoms with Crippen LogP contribution in [0.1, 0.15) is 54.4 Å². The van der Waals surface area contributed by atoms with E-state index in [1.165, 1.54) is 37.1 Å². The highest BCUT2D eigenvalue weighted by Crippen LogP contribution is 2.22. The van der Waals surface area contributed by atoms with Crippen LogP contribution in [0.3, 0.4) is 0 Å². The fourth-order valence-electron chi connectivity index (χ4n) is 4.41. The van der Waals surface area contributed by atoms with Gasteiger partial charge in [-0.05, 0) is 92.6 Å². The first-order chi connectivity index (χ1) is 18.1. The average Bonchev–Trinajstić information content (AvgIpc) is 2.95. The summed E-state index contributed by atoms with van der Waals surface area (Å²) in [6.07, 6.45) is 8.68. The van der Waals surface area contributed by atoms with Crippen molar-refractivity contribution in [3.8, 4) is 5.75 Å². The molecule has 37 heavy (non-hydrogen) atoms. The summed E-state index contributed by atoms with van der Waals surface area (Å²) in [5, 5.41) is 4.32. The summed E-state index contributed by atoms with van der Waals surface area (Å²) in [4.78, 5) is 30.7. The Morgan fingerprint density at radius 1 is 0.811 bits per heavy atom. The van der Waals surface area contributed by atoms with Crippen molar-refractivity contribution in [3.63, 3.8) is 0 Å². The van der Waals surface area contributed by atoms with Crippen LogP contribution in [0.25, 0.3) is 0 Å². The van der Waals surface area contributed by atoms with Gasteiger partial charge in [-0.1, -0.05) is 0 Å². The van der Waals surface area contributed by atoms with Crippen molar-refractivity contribution in [2.45, 2.75) is 38.5 Å². The molecule has 2 aliphatic heterocycles. The number of hydrogen-bond donors (Lipinski definition) is 1. The molecule has 0 aliphatic carbocycles. The molecule has 0 bridgehead atoms. The van der Waals surface area contributed by atoms with Crippen molar-refractivity contribution in [1.29, 1.82) is 0 Å². The maximum atomic E-state index is 13.1. The zero-order chi connectivity index (χ0) is 25.5. The SMILES string of the molecule is O=C(Oc1ccc(C=NNc2nc(N3CCCCC3)nc(N3CCCCC3)n2)cc1)c1ccc(F)cc1. The van der Waals surface area contributed by atoms with Crippen LogP contribution in [0.5, 0.6) is 5.75 Å². The van der Waals surface area contributed by atoms with Crippen molar-refractivity contribution < 1.29 is 13.9 Å². The second kappa shape index (κ2) is 11.8. The number of anilines is 3. The molecule has 2 aliphatic rings. The van der Waals surface area contributed by atoms with E-state index in [4.69, 9.17) is 9.72 Å². The summed E-state index contributed by atoms with van der Waals surface area (Å²) < 4.78 is 18.4. The molecule has 2 saturated heterocycles. The van der Waals surface area contributed by atoms with Crippen LogP contribution in [0.2, 0.25) is 0 Å². The normalized spacial score (nSPS) is 16.1. The van der Waals surface area contributed by atoms with Crippen LogP contribution in [-0.4, -0.2) is 53.3 Å². The summed E-state index contributed by atoms with van der Waals surface area (Å²) >= 11 is 0. The van der Waals surface area contributed by atoms with Gasteiger partial charge in [0.15, 0.2) is 0 Å².